The van der Waals surface area contributed by atoms with E-state index >= 15 is 0 Å². The van der Waals surface area contributed by atoms with Gasteiger partial charge in [0, 0.05) is 24.6 Å². The number of nitriles is 1. The summed E-state index contributed by atoms with van der Waals surface area (Å²) in [7, 11) is 4.87. The minimum atomic E-state index is -1.24. The summed E-state index contributed by atoms with van der Waals surface area (Å²) in [5.41, 5.74) is 7.41. The average molecular weight is 324 g/mol. The smallest absolute Gasteiger partial charge is 0.269 e. The number of benzene rings is 1. The van der Waals surface area contributed by atoms with Crippen LogP contribution in [0, 0.1) is 11.3 Å². The predicted octanol–water partition coefficient (Wildman–Crippen LogP) is 1.53. The maximum Gasteiger partial charge on any atom is 0.269 e. The molecule has 1 atom stereocenters. The van der Waals surface area contributed by atoms with Crippen LogP contribution in [0.2, 0.25) is 0 Å². The van der Waals surface area contributed by atoms with Gasteiger partial charge < -0.3 is 20.5 Å². The predicted molar refractivity (Wildman–Crippen MR) is 85.3 cm³/mol. The highest BCUT2D eigenvalue weighted by Crippen LogP contribution is 2.38. The van der Waals surface area contributed by atoms with Crippen LogP contribution in [-0.4, -0.2) is 43.8 Å². The van der Waals surface area contributed by atoms with E-state index in [0.29, 0.717) is 35.7 Å². The number of aliphatic imine (C=N–C) groups is 1. The summed E-state index contributed by atoms with van der Waals surface area (Å²) in [5.74, 6) is 1.40. The Morgan fingerprint density at radius 3 is 2.64 bits per heavy atom. The highest BCUT2D eigenvalue weighted by Gasteiger charge is 2.36. The third kappa shape index (κ3) is 2.89. The molecular weight excluding hydrogens is 306 g/mol. The van der Waals surface area contributed by atoms with Crippen LogP contribution < -0.4 is 20.5 Å². The number of nitrogens with two attached hydrogens (primary N) is 1. The Bertz CT molecular complexity index is 643. The van der Waals surface area contributed by atoms with Crippen molar-refractivity contribution in [1.82, 2.24) is 4.90 Å². The number of rotatable bonds is 5. The summed E-state index contributed by atoms with van der Waals surface area (Å²) >= 11 is 6.52. The van der Waals surface area contributed by atoms with Gasteiger partial charge in [-0.1, -0.05) is 11.6 Å². The Balaban J connectivity index is 2.41. The van der Waals surface area contributed by atoms with Gasteiger partial charge in [0.1, 0.15) is 5.84 Å². The first kappa shape index (κ1) is 16.2. The maximum absolute atomic E-state index is 8.70. The summed E-state index contributed by atoms with van der Waals surface area (Å²) in [5, 5.41) is 10.6. The molecule has 3 N–H and O–H groups in total. The molecule has 0 spiro atoms. The lowest BCUT2D eigenvalue weighted by atomic mass is 10.1. The fourth-order valence-corrected chi connectivity index (χ4v) is 2.44. The molecule has 0 saturated heterocycles. The number of amidine groups is 1. The molecule has 1 heterocycles. The molecular formula is C14H18ClN5O2. The molecule has 0 amide bonds. The average Bonchev–Trinajstić information content (AvgIpc) is 2.51. The van der Waals surface area contributed by atoms with E-state index in [4.69, 9.17) is 32.1 Å². The number of nitrogens with one attached hydrogen (secondary N) is 1. The van der Waals surface area contributed by atoms with E-state index in [0.717, 1.165) is 0 Å². The van der Waals surface area contributed by atoms with Gasteiger partial charge in [0.05, 0.1) is 26.0 Å². The van der Waals surface area contributed by atoms with Gasteiger partial charge in [-0.05, 0) is 13.1 Å². The van der Waals surface area contributed by atoms with E-state index in [2.05, 4.69) is 16.4 Å². The number of alkyl halides is 1. The van der Waals surface area contributed by atoms with Gasteiger partial charge in [-0.2, -0.15) is 5.26 Å². The quantitative estimate of drug-likeness (QED) is 0.630. The molecule has 2 rings (SSSR count). The molecule has 1 aromatic rings. The lowest BCUT2D eigenvalue weighted by molar-refractivity contribution is 0.239. The van der Waals surface area contributed by atoms with Crippen molar-refractivity contribution in [2.45, 2.75) is 11.7 Å². The number of ether oxygens (including phenoxy) is 2. The maximum atomic E-state index is 8.70. The normalized spacial score (nSPS) is 19.7. The number of nitrogens with zero attached hydrogens (tertiary/aromatic N) is 3. The van der Waals surface area contributed by atoms with Gasteiger partial charge in [-0.25, -0.2) is 4.99 Å². The van der Waals surface area contributed by atoms with Gasteiger partial charge >= 0.3 is 0 Å². The Kier molecular flexibility index (Phi) is 4.64. The van der Waals surface area contributed by atoms with Crippen LogP contribution >= 0.6 is 11.6 Å². The Morgan fingerprint density at radius 2 is 2.05 bits per heavy atom. The summed E-state index contributed by atoms with van der Waals surface area (Å²) < 4.78 is 10.5. The third-order valence-corrected chi connectivity index (χ3v) is 3.89. The van der Waals surface area contributed by atoms with Crippen LogP contribution in [-0.2, 0) is 0 Å². The van der Waals surface area contributed by atoms with Crippen molar-refractivity contribution in [3.63, 3.8) is 0 Å². The largest absolute Gasteiger partial charge is 0.493 e. The monoisotopic (exact) mass is 323 g/mol. The molecule has 0 radical (unpaired) electrons. The van der Waals surface area contributed by atoms with Crippen LogP contribution in [0.4, 0.5) is 5.69 Å². The minimum absolute atomic E-state index is 0.286. The molecule has 0 fully saturated rings. The Hall–Kier alpha value is -2.17. The second kappa shape index (κ2) is 6.30. The number of anilines is 1. The molecule has 0 saturated carbocycles. The van der Waals surface area contributed by atoms with Gasteiger partial charge in [0.25, 0.3) is 5.25 Å². The lowest BCUT2D eigenvalue weighted by Gasteiger charge is -2.37. The number of halogens is 1. The lowest BCUT2D eigenvalue weighted by Crippen LogP contribution is -2.50. The van der Waals surface area contributed by atoms with E-state index in [-0.39, 0.29) is 5.84 Å². The third-order valence-electron chi connectivity index (χ3n) is 3.43. The second-order valence-corrected chi connectivity index (χ2v) is 5.32. The first-order chi connectivity index (χ1) is 10.4. The molecule has 118 valence electrons. The van der Waals surface area contributed by atoms with Crippen molar-refractivity contribution in [2.24, 2.45) is 10.7 Å². The van der Waals surface area contributed by atoms with E-state index in [1.807, 2.05) is 0 Å². The van der Waals surface area contributed by atoms with Crippen LogP contribution in [0.3, 0.4) is 0 Å². The summed E-state index contributed by atoms with van der Waals surface area (Å²) in [6.45, 7) is 0.451. The molecule has 0 aromatic heterocycles. The molecule has 1 aromatic carbocycles. The summed E-state index contributed by atoms with van der Waals surface area (Å²) in [6, 6.07) is 5.57. The SMILES string of the molecule is COc1cc2c(cc1OC)C(N)=NC(Cl)(N(C)CCC#N)N2. The van der Waals surface area contributed by atoms with Crippen LogP contribution in [0.1, 0.15) is 12.0 Å². The molecule has 22 heavy (non-hydrogen) atoms. The van der Waals surface area contributed by atoms with Gasteiger partial charge in [-0.3, -0.25) is 4.90 Å². The molecule has 7 nitrogen and oxygen atoms in total. The fourth-order valence-electron chi connectivity index (χ4n) is 2.16. The Morgan fingerprint density at radius 1 is 1.41 bits per heavy atom. The molecule has 8 heteroatoms. The van der Waals surface area contributed by atoms with E-state index in [9.17, 15) is 0 Å². The summed E-state index contributed by atoms with van der Waals surface area (Å²) in [4.78, 5) is 6.02. The molecule has 1 aliphatic rings. The zero-order valence-corrected chi connectivity index (χ0v) is 13.4. The first-order valence-corrected chi connectivity index (χ1v) is 7.00. The van der Waals surface area contributed by atoms with Gasteiger partial charge in [0.2, 0.25) is 0 Å². The summed E-state index contributed by atoms with van der Waals surface area (Å²) in [6.07, 6.45) is 0.334. The second-order valence-electron chi connectivity index (χ2n) is 4.79. The zero-order chi connectivity index (χ0) is 16.3. The topological polar surface area (TPSA) is 95.9 Å². The van der Waals surface area contributed by atoms with Crippen molar-refractivity contribution < 1.29 is 9.47 Å². The van der Waals surface area contributed by atoms with Crippen LogP contribution in [0.15, 0.2) is 17.1 Å². The van der Waals surface area contributed by atoms with E-state index < -0.39 is 5.25 Å². The number of fused-ring (bicyclic) bond motifs is 1. The van der Waals surface area contributed by atoms with E-state index in [1.54, 1.807) is 38.3 Å². The highest BCUT2D eigenvalue weighted by atomic mass is 35.5. The van der Waals surface area contributed by atoms with Crippen molar-refractivity contribution in [3.05, 3.63) is 17.7 Å². The number of hydrogen-bond donors (Lipinski definition) is 2. The zero-order valence-electron chi connectivity index (χ0n) is 12.7. The number of methoxy groups -OCH3 is 2. The minimum Gasteiger partial charge on any atom is -0.493 e. The molecule has 0 bridgehead atoms. The fraction of sp³-hybridized carbons (Fsp3) is 0.429. The molecule has 1 unspecified atom stereocenters. The van der Waals surface area contributed by atoms with Crippen molar-refractivity contribution in [1.29, 1.82) is 5.26 Å². The highest BCUT2D eigenvalue weighted by molar-refractivity contribution is 6.26. The van der Waals surface area contributed by atoms with Crippen molar-refractivity contribution in [3.8, 4) is 17.6 Å². The number of hydrogen-bond acceptors (Lipinski definition) is 7. The Labute approximate surface area is 134 Å². The standard InChI is InChI=1S/C14H18ClN5O2/c1-20(6-4-5-16)14(15)18-10-8-12(22-3)11(21-2)7-9(10)13(17)19-14/h7-8,18H,4,6H2,1-3H3,(H2,17,19). The van der Waals surface area contributed by atoms with Gasteiger partial charge in [-0.15, -0.1) is 0 Å². The van der Waals surface area contributed by atoms with Crippen molar-refractivity contribution >= 4 is 23.1 Å². The van der Waals surface area contributed by atoms with Crippen LogP contribution in [0.25, 0.3) is 0 Å². The van der Waals surface area contributed by atoms with Gasteiger partial charge in [0.15, 0.2) is 11.5 Å². The first-order valence-electron chi connectivity index (χ1n) is 6.62. The van der Waals surface area contributed by atoms with Crippen molar-refractivity contribution in [2.75, 3.05) is 33.1 Å². The van der Waals surface area contributed by atoms with Crippen LogP contribution in [0.5, 0.6) is 11.5 Å². The van der Waals surface area contributed by atoms with E-state index in [1.165, 1.54) is 0 Å². The molecule has 1 aliphatic heterocycles. The molecule has 0 aliphatic carbocycles.